The molecule has 1 unspecified atom stereocenters. The van der Waals surface area contributed by atoms with Crippen molar-refractivity contribution in [2.75, 3.05) is 0 Å². The molecule has 0 aliphatic rings. The maximum absolute atomic E-state index is 9.88. The third-order valence-electron chi connectivity index (χ3n) is 0.736. The second kappa shape index (κ2) is 3.51. The molecule has 3 nitrogen and oxygen atoms in total. The molecular weight excluding hydrogens is 118 g/mol. The molecule has 0 heterocycles. The predicted molar refractivity (Wildman–Crippen MR) is 30.2 cm³/mol. The zero-order valence-corrected chi connectivity index (χ0v) is 4.66. The smallest absolute Gasteiger partial charge is 0.305 e. The average Bonchev–Trinajstić information content (AvgIpc) is 1.82. The van der Waals surface area contributed by atoms with Crippen LogP contribution in [0.25, 0.3) is 0 Å². The minimum absolute atomic E-state index is 0.271. The Kier molecular flexibility index (Phi) is 2.94. The van der Waals surface area contributed by atoms with E-state index in [9.17, 15) is 4.79 Å². The van der Waals surface area contributed by atoms with Crippen LogP contribution < -0.4 is 0 Å². The lowest BCUT2D eigenvalue weighted by atomic mass is 10.1. The number of carbonyl (C=O) groups is 1. The van der Waals surface area contributed by atoms with E-state index in [-0.39, 0.29) is 6.42 Å². The minimum atomic E-state index is -1.04. The molecule has 0 aromatic heterocycles. The summed E-state index contributed by atoms with van der Waals surface area (Å²) in [6.45, 7) is 0. The maximum Gasteiger partial charge on any atom is 0.305 e. The van der Waals surface area contributed by atoms with Gasteiger partial charge in [-0.25, -0.2) is 0 Å². The summed E-state index contributed by atoms with van der Waals surface area (Å²) in [6.07, 6.45) is 4.52. The topological polar surface area (TPSA) is 61.1 Å². The highest BCUT2D eigenvalue weighted by Gasteiger charge is 2.06. The first kappa shape index (κ1) is 7.52. The van der Waals surface area contributed by atoms with Crippen molar-refractivity contribution in [2.45, 2.75) is 6.42 Å². The third kappa shape index (κ3) is 3.13. The van der Waals surface area contributed by atoms with Crippen molar-refractivity contribution in [3.8, 4) is 18.4 Å². The number of nitrogens with zero attached hydrogens (tertiary/aromatic N) is 1. The van der Waals surface area contributed by atoms with Gasteiger partial charge < -0.3 is 5.11 Å². The van der Waals surface area contributed by atoms with E-state index in [1.165, 1.54) is 0 Å². The van der Waals surface area contributed by atoms with E-state index in [2.05, 4.69) is 0 Å². The van der Waals surface area contributed by atoms with Crippen LogP contribution in [0.3, 0.4) is 0 Å². The van der Waals surface area contributed by atoms with Crippen LogP contribution in [0.15, 0.2) is 0 Å². The number of hydrogen-bond donors (Lipinski definition) is 1. The first-order chi connectivity index (χ1) is 4.20. The molecule has 3 heteroatoms. The molecule has 1 N–H and O–H groups in total. The summed E-state index contributed by atoms with van der Waals surface area (Å²) < 4.78 is 0. The Morgan fingerprint density at radius 3 is 2.56 bits per heavy atom. The first-order valence-electron chi connectivity index (χ1n) is 2.28. The zero-order chi connectivity index (χ0) is 7.28. The van der Waals surface area contributed by atoms with Gasteiger partial charge in [-0.15, -0.1) is 6.42 Å². The van der Waals surface area contributed by atoms with E-state index < -0.39 is 11.9 Å². The summed E-state index contributed by atoms with van der Waals surface area (Å²) in [7, 11) is 0. The normalized spacial score (nSPS) is 10.9. The van der Waals surface area contributed by atoms with Crippen LogP contribution in [0.4, 0.5) is 0 Å². The summed E-state index contributed by atoms with van der Waals surface area (Å²) in [5.41, 5.74) is 0. The monoisotopic (exact) mass is 123 g/mol. The van der Waals surface area contributed by atoms with Gasteiger partial charge in [0.05, 0.1) is 12.5 Å². The van der Waals surface area contributed by atoms with Crippen LogP contribution in [0.1, 0.15) is 6.42 Å². The van der Waals surface area contributed by atoms with Gasteiger partial charge in [0.2, 0.25) is 0 Å². The van der Waals surface area contributed by atoms with Crippen molar-refractivity contribution in [1.29, 1.82) is 5.26 Å². The van der Waals surface area contributed by atoms with E-state index in [1.807, 2.05) is 5.92 Å². The lowest BCUT2D eigenvalue weighted by molar-refractivity contribution is -0.137. The molecular formula is C6H5NO2. The Hall–Kier alpha value is -1.48. The van der Waals surface area contributed by atoms with Gasteiger partial charge in [-0.2, -0.15) is 5.26 Å². The highest BCUT2D eigenvalue weighted by Crippen LogP contribution is 1.97. The second-order valence-corrected chi connectivity index (χ2v) is 1.45. The van der Waals surface area contributed by atoms with Crippen LogP contribution in [0.5, 0.6) is 0 Å². The van der Waals surface area contributed by atoms with E-state index in [4.69, 9.17) is 16.8 Å². The number of carboxylic acid groups (broad SMARTS) is 1. The molecule has 9 heavy (non-hydrogen) atoms. The molecule has 0 saturated carbocycles. The summed E-state index contributed by atoms with van der Waals surface area (Å²) in [5.74, 6) is 0.210. The van der Waals surface area contributed by atoms with Gasteiger partial charge in [0.1, 0.15) is 5.92 Å². The van der Waals surface area contributed by atoms with Gasteiger partial charge in [0.25, 0.3) is 0 Å². The molecule has 46 valence electrons. The number of terminal acetylenes is 1. The van der Waals surface area contributed by atoms with Crippen molar-refractivity contribution in [1.82, 2.24) is 0 Å². The molecule has 0 bridgehead atoms. The summed E-state index contributed by atoms with van der Waals surface area (Å²) in [5, 5.41) is 16.2. The Balaban J connectivity index is 3.78. The second-order valence-electron chi connectivity index (χ2n) is 1.45. The van der Waals surface area contributed by atoms with Crippen LogP contribution in [-0.4, -0.2) is 11.1 Å². The third-order valence-corrected chi connectivity index (χ3v) is 0.736. The quantitative estimate of drug-likeness (QED) is 0.535. The van der Waals surface area contributed by atoms with Crippen molar-refractivity contribution in [2.24, 2.45) is 5.92 Å². The minimum Gasteiger partial charge on any atom is -0.481 e. The van der Waals surface area contributed by atoms with Gasteiger partial charge in [-0.1, -0.05) is 5.92 Å². The summed E-state index contributed by atoms with van der Waals surface area (Å²) >= 11 is 0. The molecule has 0 aromatic rings. The molecule has 1 atom stereocenters. The fourth-order valence-corrected chi connectivity index (χ4v) is 0.316. The first-order valence-corrected chi connectivity index (χ1v) is 2.28. The lowest BCUT2D eigenvalue weighted by Crippen LogP contribution is -2.02. The van der Waals surface area contributed by atoms with Crippen LogP contribution in [-0.2, 0) is 4.79 Å². The highest BCUT2D eigenvalue weighted by atomic mass is 16.4. The fraction of sp³-hybridized carbons (Fsp3) is 0.333. The standard InChI is InChI=1S/C6H5NO2/c1-2-5(4-7)3-6(8)9/h1,5H,3H2,(H,8,9). The molecule has 0 spiro atoms. The molecule has 0 aliphatic heterocycles. The molecule has 0 saturated heterocycles. The van der Waals surface area contributed by atoms with Gasteiger partial charge in [-0.05, 0) is 0 Å². The Morgan fingerprint density at radius 2 is 2.44 bits per heavy atom. The number of aliphatic carboxylic acids is 1. The summed E-state index contributed by atoms with van der Waals surface area (Å²) in [4.78, 5) is 9.88. The van der Waals surface area contributed by atoms with Crippen LogP contribution in [0.2, 0.25) is 0 Å². The van der Waals surface area contributed by atoms with Gasteiger partial charge in [0.15, 0.2) is 0 Å². The molecule has 0 amide bonds. The predicted octanol–water partition coefficient (Wildman–Crippen LogP) is 0.234. The van der Waals surface area contributed by atoms with E-state index in [0.717, 1.165) is 0 Å². The molecule has 0 aromatic carbocycles. The zero-order valence-electron chi connectivity index (χ0n) is 4.66. The SMILES string of the molecule is C#CC(C#N)CC(=O)O. The van der Waals surface area contributed by atoms with E-state index in [1.54, 1.807) is 6.07 Å². The average molecular weight is 123 g/mol. The Labute approximate surface area is 52.9 Å². The van der Waals surface area contributed by atoms with Crippen LogP contribution in [0, 0.1) is 29.6 Å². The number of carboxylic acids is 1. The molecule has 0 radical (unpaired) electrons. The Morgan fingerprint density at radius 1 is 1.89 bits per heavy atom. The lowest BCUT2D eigenvalue weighted by Gasteiger charge is -1.91. The van der Waals surface area contributed by atoms with Crippen molar-refractivity contribution in [3.05, 3.63) is 0 Å². The van der Waals surface area contributed by atoms with Gasteiger partial charge in [0, 0.05) is 0 Å². The molecule has 0 rings (SSSR count). The fourth-order valence-electron chi connectivity index (χ4n) is 0.316. The highest BCUT2D eigenvalue weighted by molar-refractivity contribution is 5.68. The van der Waals surface area contributed by atoms with Crippen LogP contribution >= 0.6 is 0 Å². The van der Waals surface area contributed by atoms with Gasteiger partial charge in [-0.3, -0.25) is 4.79 Å². The van der Waals surface area contributed by atoms with Crippen molar-refractivity contribution in [3.63, 3.8) is 0 Å². The van der Waals surface area contributed by atoms with E-state index >= 15 is 0 Å². The Bertz CT molecular complexity index is 170. The number of nitriles is 1. The largest absolute Gasteiger partial charge is 0.481 e. The van der Waals surface area contributed by atoms with Crippen molar-refractivity contribution < 1.29 is 9.90 Å². The van der Waals surface area contributed by atoms with Crippen molar-refractivity contribution >= 4 is 5.97 Å². The number of rotatable bonds is 2. The van der Waals surface area contributed by atoms with E-state index in [0.29, 0.717) is 0 Å². The maximum atomic E-state index is 9.88. The molecule has 0 aliphatic carbocycles. The number of hydrogen-bond acceptors (Lipinski definition) is 2. The molecule has 0 fully saturated rings. The van der Waals surface area contributed by atoms with Gasteiger partial charge >= 0.3 is 5.97 Å². The summed E-state index contributed by atoms with van der Waals surface area (Å²) in [6, 6.07) is 1.67.